The largest absolute Gasteiger partial charge is 0.366 e. The molecule has 0 aliphatic rings. The number of para-hydroxylation sites is 1. The van der Waals surface area contributed by atoms with Crippen LogP contribution in [0.25, 0.3) is 10.9 Å². The Hall–Kier alpha value is -4.42. The molecule has 0 saturated heterocycles. The highest BCUT2D eigenvalue weighted by molar-refractivity contribution is 7.89. The van der Waals surface area contributed by atoms with Gasteiger partial charge >= 0.3 is 0 Å². The fourth-order valence-electron chi connectivity index (χ4n) is 3.98. The molecule has 11 nitrogen and oxygen atoms in total. The van der Waals surface area contributed by atoms with Crippen LogP contribution in [0.3, 0.4) is 0 Å². The molecule has 3 aromatic carbocycles. The van der Waals surface area contributed by atoms with E-state index in [-0.39, 0.29) is 29.2 Å². The Kier molecular flexibility index (Phi) is 7.41. The molecule has 0 spiro atoms. The molecule has 0 unspecified atom stereocenters. The molecule has 1 atom stereocenters. The Labute approximate surface area is 213 Å². The second-order valence-electron chi connectivity index (χ2n) is 8.10. The predicted molar refractivity (Wildman–Crippen MR) is 138 cm³/mol. The topological polar surface area (TPSA) is 161 Å². The van der Waals surface area contributed by atoms with Crippen molar-refractivity contribution in [3.05, 3.63) is 100 Å². The summed E-state index contributed by atoms with van der Waals surface area (Å²) in [6.07, 6.45) is 1.31. The van der Waals surface area contributed by atoms with Crippen molar-refractivity contribution in [1.29, 1.82) is 0 Å². The van der Waals surface area contributed by atoms with E-state index in [1.165, 1.54) is 22.8 Å². The van der Waals surface area contributed by atoms with Gasteiger partial charge < -0.3 is 11.1 Å². The first-order valence-corrected chi connectivity index (χ1v) is 12.8. The molecule has 0 aliphatic heterocycles. The van der Waals surface area contributed by atoms with Crippen LogP contribution in [0.5, 0.6) is 0 Å². The average Bonchev–Trinajstić information content (AvgIpc) is 2.91. The van der Waals surface area contributed by atoms with Crippen LogP contribution < -0.4 is 11.1 Å². The lowest BCUT2D eigenvalue weighted by atomic mass is 10.1. The number of nitrogens with zero attached hydrogens (tertiary/aromatic N) is 4. The maximum atomic E-state index is 13.4. The highest BCUT2D eigenvalue weighted by Crippen LogP contribution is 2.28. The first kappa shape index (κ1) is 25.7. The standard InChI is InChI=1S/C25H24N6O5S/c1-2-30(37(35,36)19-13-11-18(12-14-19)31(33)34)15-22(17-7-4-3-5-8-17)29-25-21-10-6-9-20(24(26)32)23(21)27-16-28-25/h3-14,16,22H,2,15H2,1H3,(H2,26,32)(H,27,28,29)/t22-/m1/s1. The van der Waals surface area contributed by atoms with Crippen molar-refractivity contribution in [1.82, 2.24) is 14.3 Å². The van der Waals surface area contributed by atoms with E-state index < -0.39 is 26.9 Å². The van der Waals surface area contributed by atoms with Crippen LogP contribution >= 0.6 is 0 Å². The minimum absolute atomic E-state index is 0.0286. The molecular formula is C25H24N6O5S. The molecule has 0 radical (unpaired) electrons. The normalized spacial score (nSPS) is 12.4. The molecule has 4 aromatic rings. The van der Waals surface area contributed by atoms with Crippen LogP contribution in [0.15, 0.2) is 84.0 Å². The summed E-state index contributed by atoms with van der Waals surface area (Å²) in [7, 11) is -3.97. The number of nitro groups is 1. The number of carbonyl (C=O) groups is 1. The second kappa shape index (κ2) is 10.7. The average molecular weight is 521 g/mol. The number of carbonyl (C=O) groups excluding carboxylic acids is 1. The lowest BCUT2D eigenvalue weighted by Gasteiger charge is -2.28. The molecule has 0 saturated carbocycles. The second-order valence-corrected chi connectivity index (χ2v) is 10.0. The minimum Gasteiger partial charge on any atom is -0.366 e. The van der Waals surface area contributed by atoms with Gasteiger partial charge in [0.05, 0.1) is 26.9 Å². The first-order chi connectivity index (χ1) is 17.7. The Morgan fingerprint density at radius 3 is 2.38 bits per heavy atom. The van der Waals surface area contributed by atoms with Gasteiger partial charge in [0, 0.05) is 30.6 Å². The number of nitrogens with two attached hydrogens (primary N) is 1. The smallest absolute Gasteiger partial charge is 0.269 e. The van der Waals surface area contributed by atoms with Crippen LogP contribution in [0, 0.1) is 10.1 Å². The SMILES string of the molecule is CCN(C[C@@H](Nc1ncnc2c(C(N)=O)cccc12)c1ccccc1)S(=O)(=O)c1ccc([N+](=O)[O-])cc1. The van der Waals surface area contributed by atoms with E-state index in [1.807, 2.05) is 30.3 Å². The Bertz CT molecular complexity index is 1550. The zero-order chi connectivity index (χ0) is 26.6. The molecular weight excluding hydrogens is 496 g/mol. The summed E-state index contributed by atoms with van der Waals surface area (Å²) < 4.78 is 28.2. The van der Waals surface area contributed by atoms with E-state index >= 15 is 0 Å². The number of likely N-dealkylation sites (N-methyl/N-ethyl adjacent to an activating group) is 1. The molecule has 0 aliphatic carbocycles. The number of nitro benzene ring substituents is 1. The zero-order valence-electron chi connectivity index (χ0n) is 19.8. The quantitative estimate of drug-likeness (QED) is 0.237. The molecule has 3 N–H and O–H groups in total. The molecule has 12 heteroatoms. The van der Waals surface area contributed by atoms with Crippen molar-refractivity contribution < 1.29 is 18.1 Å². The Morgan fingerprint density at radius 1 is 1.05 bits per heavy atom. The fourth-order valence-corrected chi connectivity index (χ4v) is 5.44. The summed E-state index contributed by atoms with van der Waals surface area (Å²) in [5, 5.41) is 14.9. The highest BCUT2D eigenvalue weighted by atomic mass is 32.2. The predicted octanol–water partition coefficient (Wildman–Crippen LogP) is 3.50. The van der Waals surface area contributed by atoms with Crippen molar-refractivity contribution in [2.45, 2.75) is 17.9 Å². The van der Waals surface area contributed by atoms with Crippen molar-refractivity contribution in [2.24, 2.45) is 5.73 Å². The molecule has 1 amide bonds. The third kappa shape index (κ3) is 5.39. The number of non-ortho nitro benzene ring substituents is 1. The number of nitrogens with one attached hydrogen (secondary N) is 1. The summed E-state index contributed by atoms with van der Waals surface area (Å²) in [6, 6.07) is 18.5. The zero-order valence-corrected chi connectivity index (χ0v) is 20.6. The van der Waals surface area contributed by atoms with Gasteiger partial charge in [-0.1, -0.05) is 43.3 Å². The number of amides is 1. The summed E-state index contributed by atoms with van der Waals surface area (Å²) in [6.45, 7) is 1.89. The van der Waals surface area contributed by atoms with Gasteiger partial charge in [-0.2, -0.15) is 4.31 Å². The lowest BCUT2D eigenvalue weighted by Crippen LogP contribution is -2.36. The molecule has 190 valence electrons. The van der Waals surface area contributed by atoms with Crippen molar-refractivity contribution in [3.63, 3.8) is 0 Å². The van der Waals surface area contributed by atoms with Gasteiger partial charge in [-0.25, -0.2) is 18.4 Å². The summed E-state index contributed by atoms with van der Waals surface area (Å²) >= 11 is 0. The fraction of sp³-hybridized carbons (Fsp3) is 0.160. The monoisotopic (exact) mass is 520 g/mol. The minimum atomic E-state index is -3.97. The Balaban J connectivity index is 1.72. The molecule has 0 fully saturated rings. The van der Waals surface area contributed by atoms with Gasteiger partial charge in [0.2, 0.25) is 10.0 Å². The molecule has 0 bridgehead atoms. The summed E-state index contributed by atoms with van der Waals surface area (Å²) in [4.78, 5) is 30.8. The number of benzene rings is 3. The van der Waals surface area contributed by atoms with Crippen molar-refractivity contribution in [2.75, 3.05) is 18.4 Å². The van der Waals surface area contributed by atoms with Gasteiger partial charge in [0.15, 0.2) is 0 Å². The van der Waals surface area contributed by atoms with Gasteiger partial charge in [0.25, 0.3) is 11.6 Å². The van der Waals surface area contributed by atoms with E-state index in [4.69, 9.17) is 5.73 Å². The van der Waals surface area contributed by atoms with Gasteiger partial charge in [-0.05, 0) is 29.8 Å². The number of hydrogen-bond acceptors (Lipinski definition) is 8. The Morgan fingerprint density at radius 2 is 1.76 bits per heavy atom. The number of anilines is 1. The summed E-state index contributed by atoms with van der Waals surface area (Å²) in [5.41, 5.74) is 6.74. The van der Waals surface area contributed by atoms with Crippen molar-refractivity contribution >= 4 is 38.3 Å². The molecule has 1 aromatic heterocycles. The van der Waals surface area contributed by atoms with Crippen molar-refractivity contribution in [3.8, 4) is 0 Å². The van der Waals surface area contributed by atoms with Crippen LogP contribution in [0.1, 0.15) is 28.9 Å². The number of fused-ring (bicyclic) bond motifs is 1. The van der Waals surface area contributed by atoms with Crippen LogP contribution in [-0.2, 0) is 10.0 Å². The van der Waals surface area contributed by atoms with Gasteiger partial charge in [0.1, 0.15) is 12.1 Å². The molecule has 4 rings (SSSR count). The van der Waals surface area contributed by atoms with Crippen LogP contribution in [0.4, 0.5) is 11.5 Å². The third-order valence-corrected chi connectivity index (χ3v) is 7.82. The van der Waals surface area contributed by atoms with E-state index in [1.54, 1.807) is 25.1 Å². The van der Waals surface area contributed by atoms with Crippen LogP contribution in [-0.4, -0.2) is 46.6 Å². The third-order valence-electron chi connectivity index (χ3n) is 5.87. The number of aromatic nitrogens is 2. The first-order valence-electron chi connectivity index (χ1n) is 11.3. The number of sulfonamides is 1. The molecule has 1 heterocycles. The molecule has 37 heavy (non-hydrogen) atoms. The number of rotatable bonds is 10. The van der Waals surface area contributed by atoms with E-state index in [9.17, 15) is 23.3 Å². The van der Waals surface area contributed by atoms with E-state index in [0.29, 0.717) is 16.7 Å². The maximum absolute atomic E-state index is 13.4. The van der Waals surface area contributed by atoms with Crippen LogP contribution in [0.2, 0.25) is 0 Å². The van der Waals surface area contributed by atoms with Gasteiger partial charge in [-0.15, -0.1) is 0 Å². The highest BCUT2D eigenvalue weighted by Gasteiger charge is 2.28. The maximum Gasteiger partial charge on any atom is 0.269 e. The summed E-state index contributed by atoms with van der Waals surface area (Å²) in [5.74, 6) is -0.216. The number of hydrogen-bond donors (Lipinski definition) is 2. The van der Waals surface area contributed by atoms with Gasteiger partial charge in [-0.3, -0.25) is 14.9 Å². The lowest BCUT2D eigenvalue weighted by molar-refractivity contribution is -0.384. The van der Waals surface area contributed by atoms with E-state index in [0.717, 1.165) is 17.7 Å². The van der Waals surface area contributed by atoms with E-state index in [2.05, 4.69) is 15.3 Å². The number of primary amides is 1.